The van der Waals surface area contributed by atoms with Gasteiger partial charge in [0, 0.05) is 30.0 Å². The molecule has 5 heteroatoms. The van der Waals surface area contributed by atoms with Gasteiger partial charge in [-0.3, -0.25) is 9.59 Å². The number of nitrogens with zero attached hydrogens (tertiary/aromatic N) is 1. The molecule has 2 rings (SSSR count). The van der Waals surface area contributed by atoms with Crippen molar-refractivity contribution in [1.82, 2.24) is 10.2 Å². The Hall–Kier alpha value is -2.27. The summed E-state index contributed by atoms with van der Waals surface area (Å²) < 4.78 is 0. The minimum atomic E-state index is -0.476. The number of amides is 2. The summed E-state index contributed by atoms with van der Waals surface area (Å²) in [5.41, 5.74) is 1.95. The Kier molecular flexibility index (Phi) is 9.44. The van der Waals surface area contributed by atoms with Gasteiger partial charge in [0.2, 0.25) is 11.8 Å². The fourth-order valence-corrected chi connectivity index (χ4v) is 4.11. The highest BCUT2D eigenvalue weighted by Crippen LogP contribution is 2.18. The highest BCUT2D eigenvalue weighted by molar-refractivity contribution is 7.98. The molecule has 0 spiro atoms. The first kappa shape index (κ1) is 24.0. The van der Waals surface area contributed by atoms with Crippen molar-refractivity contribution in [3.63, 3.8) is 0 Å². The molecule has 0 heterocycles. The summed E-state index contributed by atoms with van der Waals surface area (Å²) in [6, 6.07) is 19.7. The van der Waals surface area contributed by atoms with Crippen LogP contribution < -0.4 is 5.32 Å². The average Bonchev–Trinajstić information content (AvgIpc) is 2.71. The zero-order valence-corrected chi connectivity index (χ0v) is 19.4. The van der Waals surface area contributed by atoms with Gasteiger partial charge in [-0.1, -0.05) is 67.6 Å². The van der Waals surface area contributed by atoms with E-state index in [4.69, 9.17) is 0 Å². The zero-order chi connectivity index (χ0) is 22.0. The van der Waals surface area contributed by atoms with Gasteiger partial charge in [0.05, 0.1) is 0 Å². The van der Waals surface area contributed by atoms with E-state index in [1.165, 1.54) is 5.56 Å². The minimum absolute atomic E-state index is 0.0234. The summed E-state index contributed by atoms with van der Waals surface area (Å²) in [6.45, 7) is 8.28. The Balaban J connectivity index is 2.05. The molecule has 30 heavy (non-hydrogen) atoms. The van der Waals surface area contributed by atoms with Crippen molar-refractivity contribution >= 4 is 23.6 Å². The second kappa shape index (κ2) is 11.8. The van der Waals surface area contributed by atoms with Gasteiger partial charge >= 0.3 is 0 Å². The molecule has 2 amide bonds. The fourth-order valence-electron chi connectivity index (χ4n) is 3.22. The van der Waals surface area contributed by atoms with E-state index in [2.05, 4.69) is 17.4 Å². The molecule has 0 aliphatic rings. The lowest BCUT2D eigenvalue weighted by molar-refractivity contribution is -0.141. The van der Waals surface area contributed by atoms with Crippen molar-refractivity contribution in [2.24, 2.45) is 0 Å². The van der Waals surface area contributed by atoms with Gasteiger partial charge in [-0.25, -0.2) is 0 Å². The summed E-state index contributed by atoms with van der Waals surface area (Å²) in [5.74, 6) is 1.55. The van der Waals surface area contributed by atoms with Crippen molar-refractivity contribution in [2.45, 2.75) is 64.4 Å². The van der Waals surface area contributed by atoms with Gasteiger partial charge in [0.25, 0.3) is 0 Å². The Morgan fingerprint density at radius 2 is 1.53 bits per heavy atom. The second-order valence-electron chi connectivity index (χ2n) is 8.46. The van der Waals surface area contributed by atoms with E-state index in [0.29, 0.717) is 19.4 Å². The van der Waals surface area contributed by atoms with Crippen LogP contribution in [0.1, 0.15) is 51.7 Å². The lowest BCUT2D eigenvalue weighted by atomic mass is 10.1. The molecule has 0 aliphatic heterocycles. The summed E-state index contributed by atoms with van der Waals surface area (Å²) in [4.78, 5) is 27.8. The Bertz CT molecular complexity index is 788. The first-order valence-corrected chi connectivity index (χ1v) is 11.7. The predicted molar refractivity (Wildman–Crippen MR) is 126 cm³/mol. The SMILES string of the molecule is CC[C@H](C(=O)NC(C)(C)C)N(Cc1ccccc1)C(=O)CCSCc1ccccc1. The monoisotopic (exact) mass is 426 g/mol. The molecule has 0 saturated heterocycles. The van der Waals surface area contributed by atoms with Crippen molar-refractivity contribution in [3.8, 4) is 0 Å². The van der Waals surface area contributed by atoms with Gasteiger partial charge in [-0.2, -0.15) is 11.8 Å². The van der Waals surface area contributed by atoms with Crippen molar-refractivity contribution in [2.75, 3.05) is 5.75 Å². The highest BCUT2D eigenvalue weighted by atomic mass is 32.2. The van der Waals surface area contributed by atoms with Crippen LogP contribution in [0.2, 0.25) is 0 Å². The molecular weight excluding hydrogens is 392 g/mol. The molecule has 4 nitrogen and oxygen atoms in total. The number of carbonyl (C=O) groups is 2. The number of hydrogen-bond donors (Lipinski definition) is 1. The number of benzene rings is 2. The molecule has 0 aromatic heterocycles. The molecule has 162 valence electrons. The molecule has 1 N–H and O–H groups in total. The maximum atomic E-state index is 13.2. The van der Waals surface area contributed by atoms with Crippen LogP contribution in [0.15, 0.2) is 60.7 Å². The lowest BCUT2D eigenvalue weighted by Gasteiger charge is -2.33. The Labute approximate surface area is 185 Å². The van der Waals surface area contributed by atoms with Gasteiger partial charge < -0.3 is 10.2 Å². The van der Waals surface area contributed by atoms with Crippen LogP contribution in [0.3, 0.4) is 0 Å². The van der Waals surface area contributed by atoms with Crippen molar-refractivity contribution in [1.29, 1.82) is 0 Å². The fraction of sp³-hybridized carbons (Fsp3) is 0.440. The number of carbonyl (C=O) groups excluding carboxylic acids is 2. The molecule has 0 radical (unpaired) electrons. The molecule has 0 bridgehead atoms. The summed E-state index contributed by atoms with van der Waals surface area (Å²) in [6.07, 6.45) is 1.00. The third kappa shape index (κ3) is 8.23. The number of thioether (sulfide) groups is 1. The van der Waals surface area contributed by atoms with E-state index in [-0.39, 0.29) is 17.4 Å². The highest BCUT2D eigenvalue weighted by Gasteiger charge is 2.30. The third-order valence-corrected chi connectivity index (χ3v) is 5.68. The minimum Gasteiger partial charge on any atom is -0.350 e. The van der Waals surface area contributed by atoms with E-state index in [0.717, 1.165) is 17.1 Å². The predicted octanol–water partition coefficient (Wildman–Crippen LogP) is 5.03. The van der Waals surface area contributed by atoms with Crippen LogP contribution in [0.25, 0.3) is 0 Å². The van der Waals surface area contributed by atoms with Crippen molar-refractivity contribution < 1.29 is 9.59 Å². The zero-order valence-electron chi connectivity index (χ0n) is 18.6. The molecule has 1 atom stereocenters. The van der Waals surface area contributed by atoms with Crippen LogP contribution >= 0.6 is 11.8 Å². The van der Waals surface area contributed by atoms with Gasteiger partial charge in [-0.05, 0) is 38.3 Å². The normalized spacial score (nSPS) is 12.3. The first-order chi connectivity index (χ1) is 14.3. The van der Waals surface area contributed by atoms with Crippen LogP contribution in [0.5, 0.6) is 0 Å². The first-order valence-electron chi connectivity index (χ1n) is 10.6. The largest absolute Gasteiger partial charge is 0.350 e. The van der Waals surface area contributed by atoms with E-state index >= 15 is 0 Å². The Morgan fingerprint density at radius 1 is 0.967 bits per heavy atom. The molecule has 0 fully saturated rings. The summed E-state index contributed by atoms with van der Waals surface area (Å²) >= 11 is 1.75. The molecule has 2 aromatic carbocycles. The van der Waals surface area contributed by atoms with E-state index < -0.39 is 6.04 Å². The summed E-state index contributed by atoms with van der Waals surface area (Å²) in [5, 5.41) is 3.04. The molecule has 0 unspecified atom stereocenters. The number of rotatable bonds is 10. The van der Waals surface area contributed by atoms with E-state index in [1.54, 1.807) is 16.7 Å². The molecular formula is C25H34N2O2S. The quantitative estimate of drug-likeness (QED) is 0.542. The number of hydrogen-bond acceptors (Lipinski definition) is 3. The lowest BCUT2D eigenvalue weighted by Crippen LogP contribution is -2.53. The van der Waals surface area contributed by atoms with Crippen molar-refractivity contribution in [3.05, 3.63) is 71.8 Å². The smallest absolute Gasteiger partial charge is 0.243 e. The van der Waals surface area contributed by atoms with Gasteiger partial charge in [-0.15, -0.1) is 0 Å². The van der Waals surface area contributed by atoms with Gasteiger partial charge in [0.1, 0.15) is 6.04 Å². The molecule has 0 aliphatic carbocycles. The maximum absolute atomic E-state index is 13.2. The average molecular weight is 427 g/mol. The third-order valence-electron chi connectivity index (χ3n) is 4.65. The standard InChI is InChI=1S/C25H34N2O2S/c1-5-22(24(29)26-25(2,3)4)27(18-20-12-8-6-9-13-20)23(28)16-17-30-19-21-14-10-7-11-15-21/h6-15,22H,5,16-19H2,1-4H3,(H,26,29)/t22-/m1/s1. The van der Waals surface area contributed by atoms with Crippen LogP contribution in [-0.4, -0.2) is 34.0 Å². The van der Waals surface area contributed by atoms with Gasteiger partial charge in [0.15, 0.2) is 0 Å². The molecule has 2 aromatic rings. The van der Waals surface area contributed by atoms with Crippen LogP contribution in [0.4, 0.5) is 0 Å². The Morgan fingerprint density at radius 3 is 2.07 bits per heavy atom. The van der Waals surface area contributed by atoms with E-state index in [1.807, 2.05) is 76.2 Å². The number of nitrogens with one attached hydrogen (secondary N) is 1. The van der Waals surface area contributed by atoms with Crippen LogP contribution in [0, 0.1) is 0 Å². The molecule has 0 saturated carbocycles. The second-order valence-corrected chi connectivity index (χ2v) is 9.56. The topological polar surface area (TPSA) is 49.4 Å². The van der Waals surface area contributed by atoms with Crippen LogP contribution in [-0.2, 0) is 21.9 Å². The summed E-state index contributed by atoms with van der Waals surface area (Å²) in [7, 11) is 0. The van der Waals surface area contributed by atoms with E-state index in [9.17, 15) is 9.59 Å². The maximum Gasteiger partial charge on any atom is 0.243 e.